The highest BCUT2D eigenvalue weighted by molar-refractivity contribution is 7.98. The average molecular weight is 212 g/mol. The van der Waals surface area contributed by atoms with Crippen LogP contribution in [0, 0.1) is 11.3 Å². The second-order valence-corrected chi connectivity index (χ2v) is 3.90. The number of nitrogens with zero attached hydrogens (tertiary/aromatic N) is 1. The number of nitriles is 1. The highest BCUT2D eigenvalue weighted by Crippen LogP contribution is 2.23. The zero-order chi connectivity index (χ0) is 9.68. The molecule has 1 aromatic carbocycles. The molecule has 0 aliphatic rings. The summed E-state index contributed by atoms with van der Waals surface area (Å²) in [7, 11) is 0. The minimum atomic E-state index is 0.525. The molecule has 1 aromatic rings. The van der Waals surface area contributed by atoms with E-state index < -0.39 is 0 Å². The van der Waals surface area contributed by atoms with Crippen LogP contribution in [-0.4, -0.2) is 6.26 Å². The van der Waals surface area contributed by atoms with Gasteiger partial charge >= 0.3 is 0 Å². The number of hydrogen-bond donors (Lipinski definition) is 0. The van der Waals surface area contributed by atoms with E-state index in [-0.39, 0.29) is 0 Å². The lowest BCUT2D eigenvalue weighted by molar-refractivity contribution is 1.00. The van der Waals surface area contributed by atoms with Gasteiger partial charge < -0.3 is 0 Å². The third-order valence-electron chi connectivity index (χ3n) is 1.76. The predicted octanol–water partition coefficient (Wildman–Crippen LogP) is 3.52. The first-order valence-corrected chi connectivity index (χ1v) is 5.57. The molecule has 0 amide bonds. The second-order valence-electron chi connectivity index (χ2n) is 2.62. The molecule has 3 heteroatoms. The summed E-state index contributed by atoms with van der Waals surface area (Å²) in [6.07, 6.45) is 3.29. The van der Waals surface area contributed by atoms with E-state index in [1.807, 2.05) is 24.5 Å². The Labute approximate surface area is 87.7 Å². The van der Waals surface area contributed by atoms with Crippen molar-refractivity contribution in [3.63, 3.8) is 0 Å². The maximum Gasteiger partial charge on any atom is 0.0625 e. The first-order chi connectivity index (χ1) is 6.27. The second kappa shape index (κ2) is 5.16. The summed E-state index contributed by atoms with van der Waals surface area (Å²) >= 11 is 7.65. The topological polar surface area (TPSA) is 23.8 Å². The van der Waals surface area contributed by atoms with Crippen molar-refractivity contribution >= 4 is 23.4 Å². The molecule has 0 heterocycles. The van der Waals surface area contributed by atoms with Crippen molar-refractivity contribution in [3.8, 4) is 6.07 Å². The molecule has 68 valence electrons. The van der Waals surface area contributed by atoms with Crippen LogP contribution in [0.25, 0.3) is 0 Å². The van der Waals surface area contributed by atoms with Gasteiger partial charge in [-0.25, -0.2) is 0 Å². The van der Waals surface area contributed by atoms with Crippen LogP contribution in [0.3, 0.4) is 0 Å². The van der Waals surface area contributed by atoms with Gasteiger partial charge in [-0.15, -0.1) is 11.8 Å². The van der Waals surface area contributed by atoms with Crippen LogP contribution < -0.4 is 0 Å². The van der Waals surface area contributed by atoms with Gasteiger partial charge in [-0.3, -0.25) is 0 Å². The number of hydrogen-bond acceptors (Lipinski definition) is 2. The van der Waals surface area contributed by atoms with Gasteiger partial charge in [0.15, 0.2) is 0 Å². The molecule has 0 aliphatic heterocycles. The van der Waals surface area contributed by atoms with Crippen LogP contribution in [0.2, 0.25) is 5.02 Å². The van der Waals surface area contributed by atoms with Gasteiger partial charge in [0.25, 0.3) is 0 Å². The summed E-state index contributed by atoms with van der Waals surface area (Å²) in [5, 5.41) is 9.20. The van der Waals surface area contributed by atoms with Crippen LogP contribution in [0.5, 0.6) is 0 Å². The first-order valence-electron chi connectivity index (χ1n) is 3.97. The number of aryl methyl sites for hydroxylation is 1. The Morgan fingerprint density at radius 1 is 1.54 bits per heavy atom. The van der Waals surface area contributed by atoms with Crippen molar-refractivity contribution in [1.82, 2.24) is 0 Å². The quantitative estimate of drug-likeness (QED) is 0.715. The fraction of sp³-hybridized carbons (Fsp3) is 0.300. The van der Waals surface area contributed by atoms with Crippen molar-refractivity contribution in [1.29, 1.82) is 5.26 Å². The Morgan fingerprint density at radius 2 is 2.31 bits per heavy atom. The standard InChI is InChI=1S/C10H10ClNS/c1-13-9-4-5-10(11)8(7-9)3-2-6-12/h4-5,7H,2-3H2,1H3. The highest BCUT2D eigenvalue weighted by Gasteiger charge is 2.00. The number of halogens is 1. The van der Waals surface area contributed by atoms with Crippen molar-refractivity contribution in [2.75, 3.05) is 6.26 Å². The minimum absolute atomic E-state index is 0.525. The Balaban J connectivity index is 2.85. The van der Waals surface area contributed by atoms with Gasteiger partial charge in [-0.1, -0.05) is 11.6 Å². The van der Waals surface area contributed by atoms with E-state index in [1.54, 1.807) is 11.8 Å². The minimum Gasteiger partial charge on any atom is -0.198 e. The molecule has 0 spiro atoms. The van der Waals surface area contributed by atoms with E-state index >= 15 is 0 Å². The molecule has 0 saturated heterocycles. The van der Waals surface area contributed by atoms with Crippen molar-refractivity contribution in [3.05, 3.63) is 28.8 Å². The van der Waals surface area contributed by atoms with E-state index in [0.29, 0.717) is 6.42 Å². The summed E-state index contributed by atoms with van der Waals surface area (Å²) in [5.74, 6) is 0. The lowest BCUT2D eigenvalue weighted by Gasteiger charge is -2.03. The third-order valence-corrected chi connectivity index (χ3v) is 2.85. The SMILES string of the molecule is CSc1ccc(Cl)c(CCC#N)c1. The zero-order valence-electron chi connectivity index (χ0n) is 7.38. The molecular weight excluding hydrogens is 202 g/mol. The van der Waals surface area contributed by atoms with Gasteiger partial charge in [0.2, 0.25) is 0 Å². The molecule has 13 heavy (non-hydrogen) atoms. The molecule has 0 saturated carbocycles. The fourth-order valence-electron chi connectivity index (χ4n) is 1.06. The summed E-state index contributed by atoms with van der Waals surface area (Å²) in [6, 6.07) is 8.04. The van der Waals surface area contributed by atoms with Gasteiger partial charge in [-0.2, -0.15) is 5.26 Å². The Morgan fingerprint density at radius 3 is 2.92 bits per heavy atom. The molecule has 0 aromatic heterocycles. The van der Waals surface area contributed by atoms with Crippen LogP contribution in [0.4, 0.5) is 0 Å². The van der Waals surface area contributed by atoms with E-state index in [9.17, 15) is 0 Å². The van der Waals surface area contributed by atoms with E-state index in [4.69, 9.17) is 16.9 Å². The maximum absolute atomic E-state index is 8.45. The van der Waals surface area contributed by atoms with Crippen LogP contribution >= 0.6 is 23.4 Å². The van der Waals surface area contributed by atoms with Crippen LogP contribution in [0.1, 0.15) is 12.0 Å². The Bertz CT molecular complexity index is 330. The zero-order valence-corrected chi connectivity index (χ0v) is 8.95. The number of rotatable bonds is 3. The molecule has 0 radical (unpaired) electrons. The van der Waals surface area contributed by atoms with Crippen LogP contribution in [0.15, 0.2) is 23.1 Å². The van der Waals surface area contributed by atoms with Crippen LogP contribution in [-0.2, 0) is 6.42 Å². The Hall–Kier alpha value is -0.650. The summed E-state index contributed by atoms with van der Waals surface area (Å²) in [5.41, 5.74) is 1.06. The van der Waals surface area contributed by atoms with Gasteiger partial charge in [-0.05, 0) is 36.4 Å². The highest BCUT2D eigenvalue weighted by atomic mass is 35.5. The maximum atomic E-state index is 8.45. The molecular formula is C10H10ClNS. The molecule has 0 N–H and O–H groups in total. The third kappa shape index (κ3) is 2.95. The first kappa shape index (κ1) is 10.4. The summed E-state index contributed by atoms with van der Waals surface area (Å²) < 4.78 is 0. The fourth-order valence-corrected chi connectivity index (χ4v) is 1.74. The lowest BCUT2D eigenvalue weighted by Crippen LogP contribution is -1.86. The molecule has 1 nitrogen and oxygen atoms in total. The van der Waals surface area contributed by atoms with Gasteiger partial charge in [0, 0.05) is 16.3 Å². The van der Waals surface area contributed by atoms with Crippen molar-refractivity contribution < 1.29 is 0 Å². The average Bonchev–Trinajstić information content (AvgIpc) is 2.17. The molecule has 0 bridgehead atoms. The molecule has 1 rings (SSSR count). The van der Waals surface area contributed by atoms with E-state index in [1.165, 1.54) is 4.90 Å². The van der Waals surface area contributed by atoms with E-state index in [0.717, 1.165) is 17.0 Å². The molecule has 0 fully saturated rings. The smallest absolute Gasteiger partial charge is 0.0625 e. The lowest BCUT2D eigenvalue weighted by atomic mass is 10.1. The molecule has 0 atom stereocenters. The summed E-state index contributed by atoms with van der Waals surface area (Å²) in [6.45, 7) is 0. The van der Waals surface area contributed by atoms with Gasteiger partial charge in [0.1, 0.15) is 0 Å². The summed E-state index contributed by atoms with van der Waals surface area (Å²) in [4.78, 5) is 1.19. The van der Waals surface area contributed by atoms with Crippen molar-refractivity contribution in [2.45, 2.75) is 17.7 Å². The van der Waals surface area contributed by atoms with E-state index in [2.05, 4.69) is 6.07 Å². The molecule has 0 aliphatic carbocycles. The molecule has 0 unspecified atom stereocenters. The van der Waals surface area contributed by atoms with Crippen molar-refractivity contribution in [2.24, 2.45) is 0 Å². The monoisotopic (exact) mass is 211 g/mol. The van der Waals surface area contributed by atoms with Gasteiger partial charge in [0.05, 0.1) is 6.07 Å². The largest absolute Gasteiger partial charge is 0.198 e. The normalized spacial score (nSPS) is 9.62. The Kier molecular flexibility index (Phi) is 4.14. The predicted molar refractivity (Wildman–Crippen MR) is 57.2 cm³/mol. The number of thioether (sulfide) groups is 1. The number of benzene rings is 1.